The zero-order valence-electron chi connectivity index (χ0n) is 14.9. The van der Waals surface area contributed by atoms with Gasteiger partial charge in [-0.15, -0.1) is 0 Å². The van der Waals surface area contributed by atoms with Gasteiger partial charge in [-0.1, -0.05) is 6.07 Å². The van der Waals surface area contributed by atoms with Crippen molar-refractivity contribution >= 4 is 5.91 Å². The number of amides is 1. The van der Waals surface area contributed by atoms with Crippen molar-refractivity contribution in [2.45, 2.75) is 6.04 Å². The summed E-state index contributed by atoms with van der Waals surface area (Å²) in [6, 6.07) is 11.6. The van der Waals surface area contributed by atoms with E-state index in [4.69, 9.17) is 14.2 Å². The molecular weight excluding hydrogens is 351 g/mol. The van der Waals surface area contributed by atoms with Crippen LogP contribution in [0.15, 0.2) is 42.5 Å². The van der Waals surface area contributed by atoms with Gasteiger partial charge in [0.2, 0.25) is 6.79 Å². The van der Waals surface area contributed by atoms with Gasteiger partial charge in [-0.2, -0.15) is 0 Å². The van der Waals surface area contributed by atoms with Crippen molar-refractivity contribution in [1.82, 2.24) is 5.32 Å². The van der Waals surface area contributed by atoms with Crippen molar-refractivity contribution in [3.63, 3.8) is 0 Å². The van der Waals surface area contributed by atoms with Crippen molar-refractivity contribution in [2.24, 2.45) is 0 Å². The molecule has 1 amide bonds. The summed E-state index contributed by atoms with van der Waals surface area (Å²) in [6.45, 7) is 3.75. The van der Waals surface area contributed by atoms with Gasteiger partial charge in [0.1, 0.15) is 24.9 Å². The number of rotatable bonds is 5. The molecule has 0 bridgehead atoms. The summed E-state index contributed by atoms with van der Waals surface area (Å²) in [4.78, 5) is 13.8. The van der Waals surface area contributed by atoms with Crippen LogP contribution < -0.4 is 19.7 Å². The van der Waals surface area contributed by atoms with Crippen molar-refractivity contribution < 1.29 is 28.3 Å². The minimum absolute atomic E-state index is 0.0425. The van der Waals surface area contributed by atoms with Crippen molar-refractivity contribution in [3.8, 4) is 11.5 Å². The maximum atomic E-state index is 13.4. The smallest absolute Gasteiger partial charge is 0.251 e. The fraction of sp³-hybridized carbons (Fsp3) is 0.350. The molecule has 2 aromatic carbocycles. The number of hydrogen-bond acceptors (Lipinski definition) is 4. The van der Waals surface area contributed by atoms with Crippen LogP contribution >= 0.6 is 0 Å². The van der Waals surface area contributed by atoms with E-state index < -0.39 is 5.82 Å². The quantitative estimate of drug-likeness (QED) is 0.819. The van der Waals surface area contributed by atoms with Crippen LogP contribution in [0.1, 0.15) is 22.0 Å². The molecule has 0 radical (unpaired) electrons. The number of fused-ring (bicyclic) bond motifs is 1. The molecule has 1 saturated heterocycles. The molecule has 27 heavy (non-hydrogen) atoms. The molecule has 0 aliphatic carbocycles. The van der Waals surface area contributed by atoms with Crippen LogP contribution in [-0.4, -0.2) is 45.5 Å². The highest BCUT2D eigenvalue weighted by Crippen LogP contribution is 2.33. The third-order valence-corrected chi connectivity index (χ3v) is 4.98. The number of quaternary nitrogens is 1. The Balaban J connectivity index is 1.52. The molecule has 2 aliphatic rings. The van der Waals surface area contributed by atoms with Crippen molar-refractivity contribution in [1.29, 1.82) is 0 Å². The second-order valence-corrected chi connectivity index (χ2v) is 6.66. The van der Waals surface area contributed by atoms with E-state index in [9.17, 15) is 9.18 Å². The number of halogens is 1. The van der Waals surface area contributed by atoms with E-state index in [1.807, 2.05) is 18.2 Å². The zero-order chi connectivity index (χ0) is 18.6. The molecule has 142 valence electrons. The van der Waals surface area contributed by atoms with Crippen molar-refractivity contribution in [2.75, 3.05) is 39.6 Å². The van der Waals surface area contributed by atoms with Crippen LogP contribution in [0.4, 0.5) is 4.39 Å². The van der Waals surface area contributed by atoms with Gasteiger partial charge in [-0.25, -0.2) is 4.39 Å². The van der Waals surface area contributed by atoms with E-state index in [-0.39, 0.29) is 18.7 Å². The first-order valence-electron chi connectivity index (χ1n) is 9.06. The average molecular weight is 373 g/mol. The Bertz CT molecular complexity index is 823. The fourth-order valence-electron chi connectivity index (χ4n) is 3.54. The molecule has 6 nitrogen and oxygen atoms in total. The van der Waals surface area contributed by atoms with Gasteiger partial charge < -0.3 is 24.4 Å². The minimum Gasteiger partial charge on any atom is -0.454 e. The van der Waals surface area contributed by atoms with Crippen LogP contribution in [0.2, 0.25) is 0 Å². The second kappa shape index (κ2) is 7.94. The van der Waals surface area contributed by atoms with Gasteiger partial charge in [0.15, 0.2) is 11.5 Å². The topological polar surface area (TPSA) is 61.2 Å². The molecule has 2 aromatic rings. The van der Waals surface area contributed by atoms with E-state index in [0.717, 1.165) is 30.2 Å². The number of benzene rings is 2. The van der Waals surface area contributed by atoms with Gasteiger partial charge in [-0.05, 0) is 36.4 Å². The number of ether oxygens (including phenoxy) is 3. The van der Waals surface area contributed by atoms with Crippen molar-refractivity contribution in [3.05, 3.63) is 59.4 Å². The fourth-order valence-corrected chi connectivity index (χ4v) is 3.54. The Kier molecular flexibility index (Phi) is 5.22. The Labute approximate surface area is 156 Å². The summed E-state index contributed by atoms with van der Waals surface area (Å²) in [7, 11) is 0. The summed E-state index contributed by atoms with van der Waals surface area (Å²) in [5, 5.41) is 2.95. The Hall–Kier alpha value is -2.64. The summed E-state index contributed by atoms with van der Waals surface area (Å²) >= 11 is 0. The molecule has 0 unspecified atom stereocenters. The molecule has 1 fully saturated rings. The maximum Gasteiger partial charge on any atom is 0.251 e. The Morgan fingerprint density at radius 1 is 1.11 bits per heavy atom. The van der Waals surface area contributed by atoms with E-state index in [2.05, 4.69) is 5.32 Å². The standard InChI is InChI=1S/C20H21FN2O4/c21-16-3-1-2-15(10-16)20(24)22-12-17(23-6-8-25-9-7-23)14-4-5-18-19(11-14)27-13-26-18/h1-5,10-11,17H,6-9,12-13H2,(H,22,24)/p+1/t17-/m1/s1. The van der Waals surface area contributed by atoms with E-state index in [1.54, 1.807) is 6.07 Å². The van der Waals surface area contributed by atoms with Crippen LogP contribution in [0.3, 0.4) is 0 Å². The molecular formula is C20H22FN2O4+. The first-order chi connectivity index (χ1) is 13.2. The summed E-state index contributed by atoms with van der Waals surface area (Å²) in [5.41, 5.74) is 1.38. The molecule has 2 aliphatic heterocycles. The predicted octanol–water partition coefficient (Wildman–Crippen LogP) is 0.941. The molecule has 4 rings (SSSR count). The highest BCUT2D eigenvalue weighted by Gasteiger charge is 2.28. The van der Waals surface area contributed by atoms with Crippen LogP contribution in [-0.2, 0) is 4.74 Å². The largest absolute Gasteiger partial charge is 0.454 e. The van der Waals surface area contributed by atoms with Gasteiger partial charge in [0, 0.05) is 11.1 Å². The highest BCUT2D eigenvalue weighted by molar-refractivity contribution is 5.94. The summed E-state index contributed by atoms with van der Waals surface area (Å²) in [6.07, 6.45) is 0. The van der Waals surface area contributed by atoms with Crippen LogP contribution in [0.25, 0.3) is 0 Å². The normalized spacial score (nSPS) is 17.5. The highest BCUT2D eigenvalue weighted by atomic mass is 19.1. The lowest BCUT2D eigenvalue weighted by Gasteiger charge is -2.32. The molecule has 0 saturated carbocycles. The van der Waals surface area contributed by atoms with E-state index >= 15 is 0 Å². The summed E-state index contributed by atoms with van der Waals surface area (Å²) < 4.78 is 29.7. The molecule has 1 atom stereocenters. The molecule has 2 heterocycles. The Morgan fingerprint density at radius 2 is 1.93 bits per heavy atom. The van der Waals surface area contributed by atoms with Crippen LogP contribution in [0.5, 0.6) is 11.5 Å². The monoisotopic (exact) mass is 373 g/mol. The molecule has 0 spiro atoms. The first-order valence-corrected chi connectivity index (χ1v) is 9.06. The number of hydrogen-bond donors (Lipinski definition) is 2. The lowest BCUT2D eigenvalue weighted by Crippen LogP contribution is -3.15. The first kappa shape index (κ1) is 17.8. The minimum atomic E-state index is -0.422. The lowest BCUT2D eigenvalue weighted by atomic mass is 10.0. The second-order valence-electron chi connectivity index (χ2n) is 6.66. The third kappa shape index (κ3) is 4.04. The summed E-state index contributed by atoms with van der Waals surface area (Å²) in [5.74, 6) is 0.751. The van der Waals surface area contributed by atoms with Gasteiger partial charge >= 0.3 is 0 Å². The van der Waals surface area contributed by atoms with E-state index in [1.165, 1.54) is 23.1 Å². The van der Waals surface area contributed by atoms with E-state index in [0.29, 0.717) is 25.3 Å². The van der Waals surface area contributed by atoms with Gasteiger partial charge in [-0.3, -0.25) is 4.79 Å². The van der Waals surface area contributed by atoms with Crippen LogP contribution in [0, 0.1) is 5.82 Å². The number of nitrogens with one attached hydrogen (secondary N) is 2. The SMILES string of the molecule is O=C(NC[C@H](c1ccc2c(c1)OCO2)[NH+]1CCOCC1)c1cccc(F)c1. The van der Waals surface area contributed by atoms with Gasteiger partial charge in [0.05, 0.1) is 19.8 Å². The number of carbonyl (C=O) groups excluding carboxylic acids is 1. The molecule has 0 aromatic heterocycles. The maximum absolute atomic E-state index is 13.4. The predicted molar refractivity (Wildman–Crippen MR) is 95.6 cm³/mol. The molecule has 2 N–H and O–H groups in total. The number of morpholine rings is 1. The lowest BCUT2D eigenvalue weighted by molar-refractivity contribution is -0.937. The Morgan fingerprint density at radius 3 is 2.74 bits per heavy atom. The van der Waals surface area contributed by atoms with Gasteiger partial charge in [0.25, 0.3) is 5.91 Å². The average Bonchev–Trinajstić information content (AvgIpc) is 3.17. The zero-order valence-corrected chi connectivity index (χ0v) is 14.9. The molecule has 7 heteroatoms. The third-order valence-electron chi connectivity index (χ3n) is 4.98. The number of carbonyl (C=O) groups is 1.